The Morgan fingerprint density at radius 2 is 1.93 bits per heavy atom. The summed E-state index contributed by atoms with van der Waals surface area (Å²) in [6.07, 6.45) is 7.40. The van der Waals surface area contributed by atoms with Gasteiger partial charge in [0.15, 0.2) is 5.69 Å². The van der Waals surface area contributed by atoms with Crippen molar-refractivity contribution in [1.29, 1.82) is 0 Å². The first-order valence-corrected chi connectivity index (χ1v) is 9.87. The zero-order valence-electron chi connectivity index (χ0n) is 16.2. The highest BCUT2D eigenvalue weighted by molar-refractivity contribution is 6.03. The molecule has 144 valence electrons. The first-order valence-electron chi connectivity index (χ1n) is 9.87. The summed E-state index contributed by atoms with van der Waals surface area (Å²) in [6, 6.07) is 16.0. The summed E-state index contributed by atoms with van der Waals surface area (Å²) in [6.45, 7) is 1.86. The van der Waals surface area contributed by atoms with Crippen molar-refractivity contribution in [3.8, 4) is 5.69 Å². The predicted molar refractivity (Wildman–Crippen MR) is 112 cm³/mol. The number of hydrogen-bond donors (Lipinski definition) is 1. The molecular formula is C23H21N5O. The van der Waals surface area contributed by atoms with E-state index in [1.807, 2.05) is 49.5 Å². The summed E-state index contributed by atoms with van der Waals surface area (Å²) in [5.41, 5.74) is 4.00. The van der Waals surface area contributed by atoms with Gasteiger partial charge in [0, 0.05) is 28.9 Å². The normalized spacial score (nSPS) is 14.0. The zero-order valence-corrected chi connectivity index (χ0v) is 16.2. The molecule has 0 bridgehead atoms. The van der Waals surface area contributed by atoms with Crippen molar-refractivity contribution in [2.75, 3.05) is 5.32 Å². The van der Waals surface area contributed by atoms with Crippen LogP contribution in [0.1, 0.15) is 46.9 Å². The van der Waals surface area contributed by atoms with Crippen LogP contribution in [0, 0.1) is 6.92 Å². The Hall–Kier alpha value is -3.54. The Bertz CT molecular complexity index is 1190. The Labute approximate surface area is 168 Å². The highest BCUT2D eigenvalue weighted by Gasteiger charge is 2.20. The van der Waals surface area contributed by atoms with Crippen LogP contribution in [0.25, 0.3) is 16.5 Å². The Kier molecular flexibility index (Phi) is 4.31. The van der Waals surface area contributed by atoms with Crippen LogP contribution in [0.5, 0.6) is 0 Å². The molecule has 5 rings (SSSR count). The number of fused-ring (bicyclic) bond motifs is 1. The van der Waals surface area contributed by atoms with Gasteiger partial charge in [-0.3, -0.25) is 9.78 Å². The fourth-order valence-electron chi connectivity index (χ4n) is 3.83. The fourth-order valence-corrected chi connectivity index (χ4v) is 3.83. The van der Waals surface area contributed by atoms with Crippen LogP contribution in [0.2, 0.25) is 0 Å². The molecule has 0 saturated heterocycles. The molecule has 6 nitrogen and oxygen atoms in total. The van der Waals surface area contributed by atoms with E-state index in [0.29, 0.717) is 17.3 Å². The van der Waals surface area contributed by atoms with Gasteiger partial charge in [0.25, 0.3) is 5.91 Å². The van der Waals surface area contributed by atoms with Gasteiger partial charge in [-0.15, -0.1) is 5.10 Å². The van der Waals surface area contributed by atoms with Gasteiger partial charge in [0.05, 0.1) is 11.4 Å². The lowest BCUT2D eigenvalue weighted by Gasteiger charge is -2.25. The second kappa shape index (κ2) is 7.13. The first kappa shape index (κ1) is 17.6. The number of amides is 1. The van der Waals surface area contributed by atoms with Crippen LogP contribution in [0.4, 0.5) is 5.69 Å². The van der Waals surface area contributed by atoms with Gasteiger partial charge in [-0.2, -0.15) is 0 Å². The molecule has 1 N–H and O–H groups in total. The van der Waals surface area contributed by atoms with Crippen molar-refractivity contribution in [2.45, 2.75) is 32.1 Å². The van der Waals surface area contributed by atoms with Gasteiger partial charge in [0.1, 0.15) is 0 Å². The quantitative estimate of drug-likeness (QED) is 0.557. The molecule has 1 aliphatic carbocycles. The van der Waals surface area contributed by atoms with E-state index in [4.69, 9.17) is 0 Å². The maximum Gasteiger partial charge on any atom is 0.278 e. The Morgan fingerprint density at radius 3 is 2.69 bits per heavy atom. The Morgan fingerprint density at radius 1 is 1.10 bits per heavy atom. The van der Waals surface area contributed by atoms with Crippen molar-refractivity contribution in [2.24, 2.45) is 0 Å². The molecule has 0 aliphatic heterocycles. The molecule has 2 aromatic heterocycles. The van der Waals surface area contributed by atoms with Gasteiger partial charge >= 0.3 is 0 Å². The highest BCUT2D eigenvalue weighted by atomic mass is 16.2. The minimum absolute atomic E-state index is 0.257. The summed E-state index contributed by atoms with van der Waals surface area (Å²) in [4.78, 5) is 17.0. The van der Waals surface area contributed by atoms with Crippen LogP contribution in [-0.4, -0.2) is 25.9 Å². The summed E-state index contributed by atoms with van der Waals surface area (Å²) in [5, 5.41) is 13.3. The van der Waals surface area contributed by atoms with Gasteiger partial charge in [-0.05, 0) is 55.5 Å². The first-order chi connectivity index (χ1) is 14.2. The topological polar surface area (TPSA) is 72.7 Å². The molecular weight excluding hydrogens is 362 g/mol. The molecule has 0 atom stereocenters. The number of anilines is 1. The number of pyridine rings is 1. The lowest BCUT2D eigenvalue weighted by Crippen LogP contribution is -2.14. The average Bonchev–Trinajstić information content (AvgIpc) is 3.09. The van der Waals surface area contributed by atoms with Gasteiger partial charge in [0.2, 0.25) is 0 Å². The van der Waals surface area contributed by atoms with E-state index < -0.39 is 0 Å². The number of aromatic nitrogens is 4. The van der Waals surface area contributed by atoms with Crippen LogP contribution in [0.3, 0.4) is 0 Å². The number of carbonyl (C=O) groups is 1. The molecule has 4 aromatic rings. The Balaban J connectivity index is 1.41. The summed E-state index contributed by atoms with van der Waals surface area (Å²) in [7, 11) is 0. The number of rotatable bonds is 4. The minimum atomic E-state index is -0.257. The average molecular weight is 383 g/mol. The van der Waals surface area contributed by atoms with E-state index >= 15 is 0 Å². The molecule has 1 aliphatic rings. The summed E-state index contributed by atoms with van der Waals surface area (Å²) >= 11 is 0. The third-order valence-electron chi connectivity index (χ3n) is 5.74. The van der Waals surface area contributed by atoms with Crippen molar-refractivity contribution in [1.82, 2.24) is 20.0 Å². The second-order valence-corrected chi connectivity index (χ2v) is 7.51. The van der Waals surface area contributed by atoms with Crippen LogP contribution in [0.15, 0.2) is 60.9 Å². The zero-order chi connectivity index (χ0) is 19.8. The van der Waals surface area contributed by atoms with Crippen molar-refractivity contribution < 1.29 is 4.79 Å². The van der Waals surface area contributed by atoms with E-state index in [1.165, 1.54) is 24.8 Å². The van der Waals surface area contributed by atoms with Gasteiger partial charge in [-0.1, -0.05) is 35.9 Å². The second-order valence-electron chi connectivity index (χ2n) is 7.51. The maximum atomic E-state index is 12.8. The van der Waals surface area contributed by atoms with Crippen molar-refractivity contribution in [3.63, 3.8) is 0 Å². The van der Waals surface area contributed by atoms with E-state index in [-0.39, 0.29) is 5.91 Å². The number of hydrogen-bond acceptors (Lipinski definition) is 4. The van der Waals surface area contributed by atoms with E-state index in [2.05, 4.69) is 32.7 Å². The third-order valence-corrected chi connectivity index (χ3v) is 5.74. The molecule has 0 unspecified atom stereocenters. The summed E-state index contributed by atoms with van der Waals surface area (Å²) in [5.74, 6) is 0.421. The fraction of sp³-hybridized carbons (Fsp3) is 0.217. The number of carbonyl (C=O) groups excluding carboxylic acids is 1. The molecule has 2 aromatic carbocycles. The molecule has 1 amide bonds. The number of nitrogens with zero attached hydrogens (tertiary/aromatic N) is 4. The van der Waals surface area contributed by atoms with Crippen LogP contribution in [-0.2, 0) is 0 Å². The van der Waals surface area contributed by atoms with E-state index in [9.17, 15) is 4.79 Å². The molecule has 1 fully saturated rings. The molecule has 1 saturated carbocycles. The largest absolute Gasteiger partial charge is 0.321 e. The molecule has 29 heavy (non-hydrogen) atoms. The minimum Gasteiger partial charge on any atom is -0.321 e. The highest BCUT2D eigenvalue weighted by Crippen LogP contribution is 2.36. The molecule has 6 heteroatoms. The van der Waals surface area contributed by atoms with Crippen molar-refractivity contribution in [3.05, 3.63) is 77.9 Å². The maximum absolute atomic E-state index is 12.8. The lowest BCUT2D eigenvalue weighted by molar-refractivity contribution is 0.102. The molecule has 2 heterocycles. The van der Waals surface area contributed by atoms with E-state index in [1.54, 1.807) is 10.9 Å². The lowest BCUT2D eigenvalue weighted by atomic mass is 9.80. The van der Waals surface area contributed by atoms with E-state index in [0.717, 1.165) is 22.1 Å². The SMILES string of the molecule is Cc1c(C(=O)Nc2ccc(C3CCC3)cc2)nnn1-c1cccc2cnccc12. The number of benzene rings is 2. The van der Waals surface area contributed by atoms with Crippen molar-refractivity contribution >= 4 is 22.4 Å². The third kappa shape index (κ3) is 3.16. The van der Waals surface area contributed by atoms with Crippen LogP contribution >= 0.6 is 0 Å². The monoisotopic (exact) mass is 383 g/mol. The van der Waals surface area contributed by atoms with Gasteiger partial charge in [-0.25, -0.2) is 4.68 Å². The summed E-state index contributed by atoms with van der Waals surface area (Å²) < 4.78 is 1.71. The predicted octanol–water partition coefficient (Wildman–Crippen LogP) is 4.64. The standard InChI is InChI=1S/C23H21N5O/c1-15-22(23(29)25-19-10-8-17(9-11-19)16-4-2-5-16)26-27-28(15)21-7-3-6-18-14-24-13-12-20(18)21/h3,6-14,16H,2,4-5H2,1H3,(H,25,29). The smallest absolute Gasteiger partial charge is 0.278 e. The molecule has 0 spiro atoms. The van der Waals surface area contributed by atoms with Crippen LogP contribution < -0.4 is 5.32 Å². The number of nitrogens with one attached hydrogen (secondary N) is 1. The van der Waals surface area contributed by atoms with Gasteiger partial charge < -0.3 is 5.32 Å². The molecule has 0 radical (unpaired) electrons.